The van der Waals surface area contributed by atoms with Gasteiger partial charge in [0.25, 0.3) is 0 Å². The van der Waals surface area contributed by atoms with Gasteiger partial charge in [0.05, 0.1) is 25.7 Å². The summed E-state index contributed by atoms with van der Waals surface area (Å²) in [6.45, 7) is 13.9. The van der Waals surface area contributed by atoms with E-state index in [0.29, 0.717) is 0 Å². The highest BCUT2D eigenvalue weighted by Crippen LogP contribution is 2.28. The third-order valence-corrected chi connectivity index (χ3v) is 5.02. The van der Waals surface area contributed by atoms with E-state index in [1.54, 1.807) is 0 Å². The molecule has 1 nitrogen and oxygen atoms in total. The Kier molecular flexibility index (Phi) is 5.82. The molecular formula is C15H32N+. The van der Waals surface area contributed by atoms with E-state index in [2.05, 4.69) is 27.7 Å². The van der Waals surface area contributed by atoms with E-state index in [1.807, 2.05) is 0 Å². The van der Waals surface area contributed by atoms with Crippen LogP contribution in [-0.4, -0.2) is 30.2 Å². The topological polar surface area (TPSA) is 0 Å². The van der Waals surface area contributed by atoms with Crippen molar-refractivity contribution in [2.75, 3.05) is 19.6 Å². The highest BCUT2D eigenvalue weighted by molar-refractivity contribution is 4.65. The first-order valence-electron chi connectivity index (χ1n) is 7.52. The zero-order valence-electron chi connectivity index (χ0n) is 12.0. The molecule has 2 unspecified atom stereocenters. The Morgan fingerprint density at radius 3 is 1.94 bits per heavy atom. The molecule has 0 aromatic rings. The fourth-order valence-electron chi connectivity index (χ4n) is 3.57. The molecule has 1 saturated heterocycles. The van der Waals surface area contributed by atoms with Crippen molar-refractivity contribution in [2.24, 2.45) is 5.92 Å². The number of nitrogens with zero attached hydrogens (tertiary/aromatic N) is 1. The van der Waals surface area contributed by atoms with E-state index in [4.69, 9.17) is 0 Å². The van der Waals surface area contributed by atoms with Crippen molar-refractivity contribution in [2.45, 2.75) is 72.3 Å². The van der Waals surface area contributed by atoms with Crippen LogP contribution in [0.4, 0.5) is 0 Å². The van der Waals surface area contributed by atoms with Crippen molar-refractivity contribution >= 4 is 0 Å². The Morgan fingerprint density at radius 2 is 1.50 bits per heavy atom. The van der Waals surface area contributed by atoms with Crippen molar-refractivity contribution in [1.29, 1.82) is 0 Å². The van der Waals surface area contributed by atoms with Crippen LogP contribution in [0.5, 0.6) is 0 Å². The summed E-state index contributed by atoms with van der Waals surface area (Å²) in [5.41, 5.74) is 0. The first kappa shape index (κ1) is 14.0. The first-order valence-corrected chi connectivity index (χ1v) is 7.52. The minimum atomic E-state index is 0.864. The maximum Gasteiger partial charge on any atom is 0.0887 e. The third-order valence-electron chi connectivity index (χ3n) is 5.02. The van der Waals surface area contributed by atoms with Crippen molar-refractivity contribution in [3.8, 4) is 0 Å². The number of likely N-dealkylation sites (tertiary alicyclic amines) is 1. The number of hydrogen-bond donors (Lipinski definition) is 0. The minimum Gasteiger partial charge on any atom is -0.321 e. The molecule has 1 rings (SSSR count). The molecule has 2 atom stereocenters. The van der Waals surface area contributed by atoms with Gasteiger partial charge in [0, 0.05) is 5.92 Å². The SMILES string of the molecule is CCCC(C)C(C)[N+]1(CC)CCCCCC1. The lowest BCUT2D eigenvalue weighted by Gasteiger charge is -2.45. The van der Waals surface area contributed by atoms with Crippen molar-refractivity contribution in [1.82, 2.24) is 0 Å². The van der Waals surface area contributed by atoms with Gasteiger partial charge in [-0.05, 0) is 46.0 Å². The molecule has 1 aliphatic rings. The molecule has 0 spiro atoms. The largest absolute Gasteiger partial charge is 0.321 e. The Bertz CT molecular complexity index is 180. The van der Waals surface area contributed by atoms with Crippen molar-refractivity contribution in [3.63, 3.8) is 0 Å². The zero-order valence-corrected chi connectivity index (χ0v) is 12.0. The second-order valence-corrected chi connectivity index (χ2v) is 5.90. The summed E-state index contributed by atoms with van der Waals surface area (Å²) in [6, 6.07) is 0.864. The molecule has 0 radical (unpaired) electrons. The number of hydrogen-bond acceptors (Lipinski definition) is 0. The Morgan fingerprint density at radius 1 is 0.938 bits per heavy atom. The van der Waals surface area contributed by atoms with Gasteiger partial charge < -0.3 is 4.48 Å². The monoisotopic (exact) mass is 226 g/mol. The lowest BCUT2D eigenvalue weighted by Crippen LogP contribution is -2.57. The maximum absolute atomic E-state index is 2.51. The molecule has 0 bridgehead atoms. The van der Waals surface area contributed by atoms with E-state index in [-0.39, 0.29) is 0 Å². The van der Waals surface area contributed by atoms with Crippen LogP contribution in [-0.2, 0) is 0 Å². The van der Waals surface area contributed by atoms with Crippen LogP contribution in [0, 0.1) is 5.92 Å². The molecule has 1 fully saturated rings. The first-order chi connectivity index (χ1) is 7.66. The molecule has 0 saturated carbocycles. The van der Waals surface area contributed by atoms with E-state index in [1.165, 1.54) is 62.6 Å². The minimum absolute atomic E-state index is 0.864. The van der Waals surface area contributed by atoms with Crippen LogP contribution in [0.2, 0.25) is 0 Å². The molecule has 0 amide bonds. The van der Waals surface area contributed by atoms with Crippen LogP contribution in [0.1, 0.15) is 66.2 Å². The second-order valence-electron chi connectivity index (χ2n) is 5.90. The van der Waals surface area contributed by atoms with Crippen LogP contribution in [0.15, 0.2) is 0 Å². The molecular weight excluding hydrogens is 194 g/mol. The zero-order chi connectivity index (χ0) is 12.0. The van der Waals surface area contributed by atoms with Gasteiger partial charge >= 0.3 is 0 Å². The fourth-order valence-corrected chi connectivity index (χ4v) is 3.57. The molecule has 1 heteroatoms. The van der Waals surface area contributed by atoms with E-state index in [9.17, 15) is 0 Å². The van der Waals surface area contributed by atoms with E-state index in [0.717, 1.165) is 12.0 Å². The van der Waals surface area contributed by atoms with Crippen molar-refractivity contribution in [3.05, 3.63) is 0 Å². The Labute approximate surface area is 103 Å². The highest BCUT2D eigenvalue weighted by atomic mass is 15.4. The molecule has 1 aliphatic heterocycles. The molecule has 96 valence electrons. The van der Waals surface area contributed by atoms with Crippen LogP contribution >= 0.6 is 0 Å². The van der Waals surface area contributed by atoms with Gasteiger partial charge in [-0.1, -0.05) is 20.3 Å². The van der Waals surface area contributed by atoms with Gasteiger partial charge in [0.2, 0.25) is 0 Å². The summed E-state index contributed by atoms with van der Waals surface area (Å²) >= 11 is 0. The highest BCUT2D eigenvalue weighted by Gasteiger charge is 2.35. The summed E-state index contributed by atoms with van der Waals surface area (Å²) in [5.74, 6) is 0.892. The number of quaternary nitrogens is 1. The fraction of sp³-hybridized carbons (Fsp3) is 1.00. The van der Waals surface area contributed by atoms with Gasteiger partial charge in [0.15, 0.2) is 0 Å². The second kappa shape index (κ2) is 6.64. The summed E-state index contributed by atoms with van der Waals surface area (Å²) in [7, 11) is 0. The lowest BCUT2D eigenvalue weighted by atomic mass is 9.94. The predicted octanol–water partition coefficient (Wildman–Crippen LogP) is 4.22. The summed E-state index contributed by atoms with van der Waals surface area (Å²) < 4.78 is 1.40. The quantitative estimate of drug-likeness (QED) is 0.616. The van der Waals surface area contributed by atoms with Crippen LogP contribution in [0.3, 0.4) is 0 Å². The molecule has 0 aliphatic carbocycles. The van der Waals surface area contributed by atoms with Gasteiger partial charge in [0.1, 0.15) is 0 Å². The van der Waals surface area contributed by atoms with Gasteiger partial charge in [-0.25, -0.2) is 0 Å². The molecule has 0 aromatic heterocycles. The van der Waals surface area contributed by atoms with E-state index >= 15 is 0 Å². The standard InChI is InChI=1S/C15H32N/c1-5-11-14(3)15(4)16(6-2)12-9-7-8-10-13-16/h14-15H,5-13H2,1-4H3/q+1. The smallest absolute Gasteiger partial charge is 0.0887 e. The molecule has 1 heterocycles. The van der Waals surface area contributed by atoms with Crippen LogP contribution in [0.25, 0.3) is 0 Å². The van der Waals surface area contributed by atoms with E-state index < -0.39 is 0 Å². The maximum atomic E-state index is 2.51. The summed E-state index contributed by atoms with van der Waals surface area (Å²) in [5, 5.41) is 0. The van der Waals surface area contributed by atoms with Gasteiger partial charge in [-0.3, -0.25) is 0 Å². The van der Waals surface area contributed by atoms with Crippen LogP contribution < -0.4 is 0 Å². The normalized spacial score (nSPS) is 24.8. The lowest BCUT2D eigenvalue weighted by molar-refractivity contribution is -0.950. The Hall–Kier alpha value is -0.0400. The third kappa shape index (κ3) is 3.23. The predicted molar refractivity (Wildman–Crippen MR) is 72.5 cm³/mol. The molecule has 16 heavy (non-hydrogen) atoms. The van der Waals surface area contributed by atoms with Gasteiger partial charge in [-0.15, -0.1) is 0 Å². The molecule has 0 aromatic carbocycles. The average Bonchev–Trinajstić information content (AvgIpc) is 2.54. The Balaban J connectivity index is 2.68. The summed E-state index contributed by atoms with van der Waals surface area (Å²) in [6.07, 6.45) is 8.59. The van der Waals surface area contributed by atoms with Gasteiger partial charge in [-0.2, -0.15) is 0 Å². The van der Waals surface area contributed by atoms with Crippen molar-refractivity contribution < 1.29 is 4.48 Å². The summed E-state index contributed by atoms with van der Waals surface area (Å²) in [4.78, 5) is 0. The average molecular weight is 226 g/mol. The molecule has 0 N–H and O–H groups in total. The number of rotatable bonds is 5.